The molecule has 23 heavy (non-hydrogen) atoms. The third-order valence-corrected chi connectivity index (χ3v) is 3.98. The fourth-order valence-corrected chi connectivity index (χ4v) is 2.61. The van der Waals surface area contributed by atoms with E-state index < -0.39 is 0 Å². The molecule has 130 valence electrons. The zero-order valence-electron chi connectivity index (χ0n) is 14.2. The molecule has 0 aromatic carbocycles. The maximum atomic E-state index is 12.5. The predicted molar refractivity (Wildman–Crippen MR) is 82.6 cm³/mol. The Morgan fingerprint density at radius 3 is 2.83 bits per heavy atom. The number of rotatable bonds is 8. The summed E-state index contributed by atoms with van der Waals surface area (Å²) < 4.78 is 15.5. The van der Waals surface area contributed by atoms with Gasteiger partial charge in [0.1, 0.15) is 6.61 Å². The normalized spacial score (nSPS) is 17.2. The van der Waals surface area contributed by atoms with Crippen LogP contribution in [0.4, 0.5) is 0 Å². The lowest BCUT2D eigenvalue weighted by Gasteiger charge is -2.33. The second-order valence-corrected chi connectivity index (χ2v) is 5.65. The largest absolute Gasteiger partial charge is 0.379 e. The second-order valence-electron chi connectivity index (χ2n) is 5.65. The summed E-state index contributed by atoms with van der Waals surface area (Å²) in [6, 6.07) is 0.201. The van der Waals surface area contributed by atoms with Gasteiger partial charge in [-0.1, -0.05) is 5.16 Å². The molecule has 1 aromatic rings. The fourth-order valence-electron chi connectivity index (χ4n) is 2.61. The molecule has 1 aromatic heterocycles. The summed E-state index contributed by atoms with van der Waals surface area (Å²) in [5.74, 6) is 1.02. The highest BCUT2D eigenvalue weighted by atomic mass is 16.5. The molecule has 1 aliphatic heterocycles. The molecule has 8 nitrogen and oxygen atoms in total. The lowest BCUT2D eigenvalue weighted by molar-refractivity contribution is -0.133. The van der Waals surface area contributed by atoms with Crippen molar-refractivity contribution >= 4 is 5.91 Å². The summed E-state index contributed by atoms with van der Waals surface area (Å²) in [6.07, 6.45) is 0.479. The third kappa shape index (κ3) is 5.26. The lowest BCUT2D eigenvalue weighted by Crippen LogP contribution is -2.44. The number of amides is 1. The topological polar surface area (TPSA) is 80.9 Å². The number of carbonyl (C=O) groups excluding carboxylic acids is 1. The van der Waals surface area contributed by atoms with Crippen LogP contribution in [0, 0.1) is 0 Å². The first-order valence-corrected chi connectivity index (χ1v) is 8.04. The van der Waals surface area contributed by atoms with Gasteiger partial charge in [-0.15, -0.1) is 0 Å². The van der Waals surface area contributed by atoms with Crippen LogP contribution in [0.5, 0.6) is 0 Å². The molecule has 0 N–H and O–H groups in total. The molecule has 0 unspecified atom stereocenters. The van der Waals surface area contributed by atoms with Crippen LogP contribution in [0.25, 0.3) is 0 Å². The summed E-state index contributed by atoms with van der Waals surface area (Å²) >= 11 is 0. The van der Waals surface area contributed by atoms with Crippen LogP contribution in [0.1, 0.15) is 32.0 Å². The van der Waals surface area contributed by atoms with Crippen molar-refractivity contribution in [3.05, 3.63) is 11.7 Å². The van der Waals surface area contributed by atoms with Gasteiger partial charge in [-0.05, 0) is 13.8 Å². The van der Waals surface area contributed by atoms with Gasteiger partial charge in [0.05, 0.1) is 19.8 Å². The number of ether oxygens (including phenoxy) is 2. The molecule has 0 bridgehead atoms. The predicted octanol–water partition coefficient (Wildman–Crippen LogP) is 0.675. The van der Waals surface area contributed by atoms with Gasteiger partial charge in [-0.3, -0.25) is 9.69 Å². The van der Waals surface area contributed by atoms with E-state index in [1.165, 1.54) is 0 Å². The first kappa shape index (κ1) is 17.8. The van der Waals surface area contributed by atoms with E-state index in [0.717, 1.165) is 26.3 Å². The van der Waals surface area contributed by atoms with Crippen molar-refractivity contribution in [2.45, 2.75) is 39.5 Å². The van der Waals surface area contributed by atoms with Gasteiger partial charge in [0.15, 0.2) is 5.82 Å². The van der Waals surface area contributed by atoms with Crippen LogP contribution in [0.15, 0.2) is 4.52 Å². The minimum atomic E-state index is 0.0954. The smallest absolute Gasteiger partial charge is 0.246 e. The van der Waals surface area contributed by atoms with Crippen molar-refractivity contribution in [3.63, 3.8) is 0 Å². The molecule has 0 aliphatic carbocycles. The summed E-state index contributed by atoms with van der Waals surface area (Å²) in [5, 5.41) is 3.82. The van der Waals surface area contributed by atoms with Crippen molar-refractivity contribution in [1.29, 1.82) is 0 Å². The van der Waals surface area contributed by atoms with Gasteiger partial charge < -0.3 is 18.9 Å². The van der Waals surface area contributed by atoms with Gasteiger partial charge in [-0.2, -0.15) is 4.98 Å². The highest BCUT2D eigenvalue weighted by Gasteiger charge is 2.23. The summed E-state index contributed by atoms with van der Waals surface area (Å²) in [4.78, 5) is 20.8. The fraction of sp³-hybridized carbons (Fsp3) is 0.800. The third-order valence-electron chi connectivity index (χ3n) is 3.98. The highest BCUT2D eigenvalue weighted by Crippen LogP contribution is 2.11. The van der Waals surface area contributed by atoms with E-state index >= 15 is 0 Å². The lowest BCUT2D eigenvalue weighted by atomic mass is 10.1. The van der Waals surface area contributed by atoms with Gasteiger partial charge in [0.25, 0.3) is 0 Å². The van der Waals surface area contributed by atoms with Crippen LogP contribution < -0.4 is 0 Å². The quantitative estimate of drug-likeness (QED) is 0.694. The van der Waals surface area contributed by atoms with E-state index in [9.17, 15) is 4.79 Å². The Hall–Kier alpha value is -1.51. The maximum absolute atomic E-state index is 12.5. The Labute approximate surface area is 136 Å². The van der Waals surface area contributed by atoms with Crippen LogP contribution in [0.2, 0.25) is 0 Å². The number of methoxy groups -OCH3 is 1. The average molecular weight is 326 g/mol. The van der Waals surface area contributed by atoms with E-state index in [4.69, 9.17) is 14.0 Å². The SMILES string of the molecule is CCN(Cc1nc(COC)no1)C(=O)C[C@@H](C)N1CCOCC1. The van der Waals surface area contributed by atoms with Crippen LogP contribution in [-0.4, -0.2) is 71.8 Å². The molecular formula is C15H26N4O4. The molecule has 8 heteroatoms. The van der Waals surface area contributed by atoms with Gasteiger partial charge >= 0.3 is 0 Å². The highest BCUT2D eigenvalue weighted by molar-refractivity contribution is 5.76. The molecule has 1 amide bonds. The van der Waals surface area contributed by atoms with Gasteiger partial charge in [0, 0.05) is 39.2 Å². The Morgan fingerprint density at radius 1 is 1.43 bits per heavy atom. The van der Waals surface area contributed by atoms with Crippen molar-refractivity contribution in [2.75, 3.05) is 40.0 Å². The Balaban J connectivity index is 1.86. The molecule has 1 fully saturated rings. The minimum absolute atomic E-state index is 0.0954. The first-order valence-electron chi connectivity index (χ1n) is 8.04. The molecule has 1 atom stereocenters. The zero-order valence-corrected chi connectivity index (χ0v) is 14.2. The summed E-state index contributed by atoms with van der Waals surface area (Å²) in [7, 11) is 1.57. The molecule has 1 saturated heterocycles. The maximum Gasteiger partial charge on any atom is 0.246 e. The van der Waals surface area contributed by atoms with Crippen molar-refractivity contribution in [1.82, 2.24) is 19.9 Å². The van der Waals surface area contributed by atoms with E-state index in [2.05, 4.69) is 22.0 Å². The van der Waals surface area contributed by atoms with Crippen LogP contribution in [0.3, 0.4) is 0 Å². The van der Waals surface area contributed by atoms with E-state index in [1.54, 1.807) is 12.0 Å². The second kappa shape index (κ2) is 8.95. The van der Waals surface area contributed by atoms with Crippen molar-refractivity contribution < 1.29 is 18.8 Å². The summed E-state index contributed by atoms with van der Waals surface area (Å²) in [5.41, 5.74) is 0. The number of nitrogens with zero attached hydrogens (tertiary/aromatic N) is 4. The number of carbonyl (C=O) groups is 1. The number of hydrogen-bond acceptors (Lipinski definition) is 7. The van der Waals surface area contributed by atoms with E-state index in [-0.39, 0.29) is 11.9 Å². The molecule has 2 heterocycles. The summed E-state index contributed by atoms with van der Waals surface area (Å²) in [6.45, 7) is 8.51. The number of hydrogen-bond donors (Lipinski definition) is 0. The van der Waals surface area contributed by atoms with Gasteiger partial charge in [-0.25, -0.2) is 0 Å². The van der Waals surface area contributed by atoms with Gasteiger partial charge in [0.2, 0.25) is 11.8 Å². The zero-order chi connectivity index (χ0) is 16.7. The molecule has 1 aliphatic rings. The Bertz CT molecular complexity index is 488. The first-order chi connectivity index (χ1) is 11.1. The van der Waals surface area contributed by atoms with Crippen LogP contribution in [-0.2, 0) is 27.4 Å². The average Bonchev–Trinajstić information content (AvgIpc) is 3.01. The molecule has 0 spiro atoms. The molecule has 0 radical (unpaired) electrons. The Morgan fingerprint density at radius 2 is 2.17 bits per heavy atom. The van der Waals surface area contributed by atoms with Crippen molar-refractivity contribution in [3.8, 4) is 0 Å². The molecule has 2 rings (SSSR count). The van der Waals surface area contributed by atoms with Crippen LogP contribution >= 0.6 is 0 Å². The number of aromatic nitrogens is 2. The van der Waals surface area contributed by atoms with Crippen molar-refractivity contribution in [2.24, 2.45) is 0 Å². The minimum Gasteiger partial charge on any atom is -0.379 e. The van der Waals surface area contributed by atoms with E-state index in [0.29, 0.717) is 37.8 Å². The monoisotopic (exact) mass is 326 g/mol. The standard InChI is InChI=1S/C15H26N4O4/c1-4-18(10-14-16-13(11-21-3)17-23-14)15(20)9-12(2)19-5-7-22-8-6-19/h12H,4-11H2,1-3H3/t12-/m1/s1. The molecule has 0 saturated carbocycles. The number of morpholine rings is 1. The van der Waals surface area contributed by atoms with E-state index in [1.807, 2.05) is 6.92 Å². The molecular weight excluding hydrogens is 300 g/mol. The Kier molecular flexibility index (Phi) is 6.94.